The van der Waals surface area contributed by atoms with E-state index in [0.29, 0.717) is 35.2 Å². The summed E-state index contributed by atoms with van der Waals surface area (Å²) in [6.07, 6.45) is 12.6. The SMILES string of the molecule is COC1=CC=C(C(C)C(C)(F)F)CC1=CC1CCCC2N=C(c3ccc(-n4cnc(C)c4)c(OC)n3)N=C12. The van der Waals surface area contributed by atoms with Gasteiger partial charge in [0.2, 0.25) is 5.88 Å². The second-order valence-electron chi connectivity index (χ2n) is 10.2. The number of aromatic nitrogens is 3. The van der Waals surface area contributed by atoms with Gasteiger partial charge in [-0.05, 0) is 63.3 Å². The highest BCUT2D eigenvalue weighted by Gasteiger charge is 2.36. The molecular weight excluding hydrogens is 488 g/mol. The van der Waals surface area contributed by atoms with Gasteiger partial charge in [-0.25, -0.2) is 23.7 Å². The van der Waals surface area contributed by atoms with Gasteiger partial charge in [-0.2, -0.15) is 0 Å². The van der Waals surface area contributed by atoms with E-state index in [1.165, 1.54) is 0 Å². The number of nitrogens with zero attached hydrogens (tertiary/aromatic N) is 5. The van der Waals surface area contributed by atoms with E-state index in [-0.39, 0.29) is 12.0 Å². The van der Waals surface area contributed by atoms with Gasteiger partial charge >= 0.3 is 0 Å². The number of allylic oxidation sites excluding steroid dienone is 5. The Morgan fingerprint density at radius 2 is 1.97 bits per heavy atom. The van der Waals surface area contributed by atoms with Crippen molar-refractivity contribution >= 4 is 11.5 Å². The molecule has 0 amide bonds. The van der Waals surface area contributed by atoms with Gasteiger partial charge in [0.25, 0.3) is 5.92 Å². The molecule has 0 saturated heterocycles. The molecule has 3 heterocycles. The maximum absolute atomic E-state index is 14.1. The average Bonchev–Trinajstić information content (AvgIpc) is 3.54. The van der Waals surface area contributed by atoms with Gasteiger partial charge in [0.05, 0.1) is 38.0 Å². The number of imidazole rings is 1. The van der Waals surface area contributed by atoms with Gasteiger partial charge < -0.3 is 14.0 Å². The van der Waals surface area contributed by atoms with Crippen LogP contribution in [-0.4, -0.2) is 52.3 Å². The Balaban J connectivity index is 1.42. The number of amidine groups is 1. The maximum atomic E-state index is 14.1. The van der Waals surface area contributed by atoms with E-state index in [0.717, 1.165) is 48.9 Å². The Kier molecular flexibility index (Phi) is 7.03. The van der Waals surface area contributed by atoms with Gasteiger partial charge in [-0.1, -0.05) is 24.6 Å². The van der Waals surface area contributed by atoms with Crippen molar-refractivity contribution in [3.63, 3.8) is 0 Å². The molecule has 2 aromatic heterocycles. The summed E-state index contributed by atoms with van der Waals surface area (Å²) in [5.74, 6) is -1.82. The Bertz CT molecular complexity index is 1380. The van der Waals surface area contributed by atoms with Crippen molar-refractivity contribution in [2.75, 3.05) is 14.2 Å². The third kappa shape index (κ3) is 5.06. The Labute approximate surface area is 221 Å². The topological polar surface area (TPSA) is 73.9 Å². The molecule has 0 N–H and O–H groups in total. The number of methoxy groups -OCH3 is 2. The van der Waals surface area contributed by atoms with Crippen molar-refractivity contribution in [3.05, 3.63) is 71.2 Å². The number of hydrogen-bond donors (Lipinski definition) is 0. The molecule has 7 nitrogen and oxygen atoms in total. The molecule has 0 spiro atoms. The average molecular weight is 522 g/mol. The van der Waals surface area contributed by atoms with Crippen LogP contribution in [0.2, 0.25) is 0 Å². The van der Waals surface area contributed by atoms with Gasteiger partial charge in [0.15, 0.2) is 5.84 Å². The van der Waals surface area contributed by atoms with E-state index in [9.17, 15) is 8.78 Å². The third-order valence-corrected chi connectivity index (χ3v) is 7.58. The predicted octanol–water partition coefficient (Wildman–Crippen LogP) is 6.03. The summed E-state index contributed by atoms with van der Waals surface area (Å²) in [5.41, 5.74) is 4.95. The molecule has 3 atom stereocenters. The second-order valence-corrected chi connectivity index (χ2v) is 10.2. The molecule has 1 aliphatic heterocycles. The lowest BCUT2D eigenvalue weighted by molar-refractivity contribution is -0.0191. The van der Waals surface area contributed by atoms with Crippen molar-refractivity contribution in [1.29, 1.82) is 0 Å². The first-order valence-corrected chi connectivity index (χ1v) is 12.9. The van der Waals surface area contributed by atoms with E-state index in [4.69, 9.17) is 24.4 Å². The number of aryl methyl sites for hydroxylation is 1. The molecule has 3 unspecified atom stereocenters. The van der Waals surface area contributed by atoms with Crippen molar-refractivity contribution in [2.24, 2.45) is 21.8 Å². The number of alkyl halides is 2. The highest BCUT2D eigenvalue weighted by molar-refractivity contribution is 6.13. The second kappa shape index (κ2) is 10.3. The van der Waals surface area contributed by atoms with Gasteiger partial charge in [-0.3, -0.25) is 4.99 Å². The summed E-state index contributed by atoms with van der Waals surface area (Å²) in [4.78, 5) is 18.8. The number of pyridine rings is 1. The molecule has 3 aliphatic rings. The molecular formula is C29H33F2N5O2. The zero-order valence-electron chi connectivity index (χ0n) is 22.4. The molecule has 0 bridgehead atoms. The van der Waals surface area contributed by atoms with Crippen LogP contribution in [0.15, 0.2) is 69.8 Å². The van der Waals surface area contributed by atoms with Gasteiger partial charge in [0.1, 0.15) is 17.1 Å². The fraction of sp³-hybridized carbons (Fsp3) is 0.448. The minimum atomic E-state index is -2.79. The fourth-order valence-electron chi connectivity index (χ4n) is 5.27. The third-order valence-electron chi connectivity index (χ3n) is 7.58. The van der Waals surface area contributed by atoms with E-state index in [1.807, 2.05) is 29.8 Å². The summed E-state index contributed by atoms with van der Waals surface area (Å²) in [5, 5.41) is 0. The zero-order valence-corrected chi connectivity index (χ0v) is 22.4. The Morgan fingerprint density at radius 1 is 1.16 bits per heavy atom. The van der Waals surface area contributed by atoms with Crippen LogP contribution < -0.4 is 4.74 Å². The maximum Gasteiger partial charge on any atom is 0.251 e. The van der Waals surface area contributed by atoms with Crippen LogP contribution in [0.5, 0.6) is 5.88 Å². The number of rotatable bonds is 7. The van der Waals surface area contributed by atoms with Gasteiger partial charge in [-0.15, -0.1) is 0 Å². The highest BCUT2D eigenvalue weighted by Crippen LogP contribution is 2.39. The summed E-state index contributed by atoms with van der Waals surface area (Å²) >= 11 is 0. The number of hydrogen-bond acceptors (Lipinski definition) is 6. The van der Waals surface area contributed by atoms with Crippen LogP contribution in [-0.2, 0) is 4.74 Å². The van der Waals surface area contributed by atoms with Crippen LogP contribution in [0.3, 0.4) is 0 Å². The molecule has 0 radical (unpaired) electrons. The first-order chi connectivity index (χ1) is 18.2. The number of aliphatic imine (C=N–C) groups is 2. The highest BCUT2D eigenvalue weighted by atomic mass is 19.3. The van der Waals surface area contributed by atoms with E-state index < -0.39 is 11.8 Å². The molecule has 38 heavy (non-hydrogen) atoms. The molecule has 2 aliphatic carbocycles. The summed E-state index contributed by atoms with van der Waals surface area (Å²) in [6.45, 7) is 4.48. The lowest BCUT2D eigenvalue weighted by Gasteiger charge is -2.28. The van der Waals surface area contributed by atoms with Crippen molar-refractivity contribution in [2.45, 2.75) is 58.4 Å². The minimum absolute atomic E-state index is 0.0168. The first kappa shape index (κ1) is 26.0. The quantitative estimate of drug-likeness (QED) is 0.446. The molecule has 5 rings (SSSR count). The van der Waals surface area contributed by atoms with Crippen molar-refractivity contribution < 1.29 is 18.3 Å². The normalized spacial score (nSPS) is 23.3. The summed E-state index contributed by atoms with van der Waals surface area (Å²) in [7, 11) is 3.20. The first-order valence-electron chi connectivity index (χ1n) is 12.9. The van der Waals surface area contributed by atoms with Crippen LogP contribution in [0.4, 0.5) is 8.78 Å². The summed E-state index contributed by atoms with van der Waals surface area (Å²) in [6, 6.07) is 3.82. The van der Waals surface area contributed by atoms with Crippen LogP contribution in [0, 0.1) is 18.8 Å². The Hall–Kier alpha value is -3.62. The van der Waals surface area contributed by atoms with E-state index >= 15 is 0 Å². The predicted molar refractivity (Wildman–Crippen MR) is 143 cm³/mol. The summed E-state index contributed by atoms with van der Waals surface area (Å²) < 4.78 is 41.2. The smallest absolute Gasteiger partial charge is 0.251 e. The van der Waals surface area contributed by atoms with Crippen molar-refractivity contribution in [1.82, 2.24) is 14.5 Å². The number of fused-ring (bicyclic) bond motifs is 1. The van der Waals surface area contributed by atoms with Gasteiger partial charge in [0, 0.05) is 18.0 Å². The van der Waals surface area contributed by atoms with E-state index in [1.54, 1.807) is 39.6 Å². The van der Waals surface area contributed by atoms with Crippen LogP contribution in [0.25, 0.3) is 5.69 Å². The zero-order chi connectivity index (χ0) is 27.0. The standard InChI is InChI=1S/C29H33F2N5O2/c1-17-15-36(16-32-17)24-11-10-23(34-28(24)38-5)27-33-22-8-6-7-20(26(22)35-27)14-21-13-19(9-12-25(21)37-4)18(2)29(3,30)31/h9-12,14-16,18,20,22H,6-8,13H2,1-5H3. The molecule has 2 aromatic rings. The molecule has 1 saturated carbocycles. The molecule has 0 aromatic carbocycles. The monoisotopic (exact) mass is 521 g/mol. The minimum Gasteiger partial charge on any atom is -0.496 e. The number of ether oxygens (including phenoxy) is 2. The van der Waals surface area contributed by atoms with Crippen LogP contribution in [0.1, 0.15) is 50.9 Å². The molecule has 200 valence electrons. The number of halogens is 2. The van der Waals surface area contributed by atoms with E-state index in [2.05, 4.69) is 11.1 Å². The largest absolute Gasteiger partial charge is 0.496 e. The van der Waals surface area contributed by atoms with Crippen molar-refractivity contribution in [3.8, 4) is 11.6 Å². The lowest BCUT2D eigenvalue weighted by atomic mass is 9.80. The Morgan fingerprint density at radius 3 is 2.66 bits per heavy atom. The molecule has 9 heteroatoms. The lowest BCUT2D eigenvalue weighted by Crippen LogP contribution is -2.29. The molecule has 1 fully saturated rings. The van der Waals surface area contributed by atoms with Crippen LogP contribution >= 0.6 is 0 Å². The fourth-order valence-corrected chi connectivity index (χ4v) is 5.27.